The van der Waals surface area contributed by atoms with Crippen LogP contribution in [0.5, 0.6) is 0 Å². The summed E-state index contributed by atoms with van der Waals surface area (Å²) in [5, 5.41) is 2.05. The topological polar surface area (TPSA) is 6.48 Å². The molecule has 0 fully saturated rings. The monoisotopic (exact) mass is 210 g/mol. The van der Waals surface area contributed by atoms with Crippen molar-refractivity contribution < 1.29 is 0 Å². The third-order valence-corrected chi connectivity index (χ3v) is 3.21. The second-order valence-corrected chi connectivity index (χ2v) is 4.58. The number of aryl methyl sites for hydroxylation is 1. The first-order valence-electron chi connectivity index (χ1n) is 4.81. The van der Waals surface area contributed by atoms with E-state index in [1.54, 1.807) is 11.9 Å². The molecule has 0 amide bonds. The third-order valence-electron chi connectivity index (χ3n) is 2.13. The molecule has 0 aliphatic heterocycles. The van der Waals surface area contributed by atoms with E-state index in [4.69, 9.17) is 0 Å². The summed E-state index contributed by atoms with van der Waals surface area (Å²) in [4.78, 5) is 1.28. The lowest BCUT2D eigenvalue weighted by Crippen LogP contribution is -2.26. The molecule has 0 spiro atoms. The van der Waals surface area contributed by atoms with Gasteiger partial charge in [-0.05, 0) is 36.1 Å². The normalized spacial score (nSPS) is 11.3. The summed E-state index contributed by atoms with van der Waals surface area (Å²) in [6.07, 6.45) is 1.11. The third kappa shape index (κ3) is 3.33. The van der Waals surface area contributed by atoms with Crippen molar-refractivity contribution in [3.63, 3.8) is 0 Å². The first kappa shape index (κ1) is 11.6. The summed E-state index contributed by atoms with van der Waals surface area (Å²) < 4.78 is 2.10. The SMILES string of the molecule is CCc1ccc(SN(C)N(C)C)cc1. The molecule has 3 heteroatoms. The molecule has 0 unspecified atom stereocenters. The van der Waals surface area contributed by atoms with Crippen LogP contribution in [0.25, 0.3) is 0 Å². The largest absolute Gasteiger partial charge is 0.238 e. The standard InChI is InChI=1S/C11H18N2S/c1-5-10-6-8-11(9-7-10)14-13(4)12(2)3/h6-9H,5H2,1-4H3. The Bertz CT molecular complexity index is 269. The molecule has 0 aliphatic rings. The van der Waals surface area contributed by atoms with Crippen LogP contribution < -0.4 is 0 Å². The lowest BCUT2D eigenvalue weighted by molar-refractivity contribution is 0.178. The van der Waals surface area contributed by atoms with E-state index in [-0.39, 0.29) is 0 Å². The van der Waals surface area contributed by atoms with E-state index in [2.05, 4.69) is 47.7 Å². The molecule has 1 aromatic rings. The number of hydrazine groups is 1. The molecule has 1 aromatic carbocycles. The van der Waals surface area contributed by atoms with Gasteiger partial charge in [0.1, 0.15) is 0 Å². The molecule has 0 saturated carbocycles. The highest BCUT2D eigenvalue weighted by atomic mass is 32.2. The van der Waals surface area contributed by atoms with Gasteiger partial charge in [-0.25, -0.2) is 5.01 Å². The molecule has 1 rings (SSSR count). The molecule has 0 heterocycles. The Hall–Kier alpha value is -0.510. The predicted octanol–water partition coefficient (Wildman–Crippen LogP) is 2.66. The number of hydrogen-bond acceptors (Lipinski definition) is 3. The highest BCUT2D eigenvalue weighted by Gasteiger charge is 2.02. The van der Waals surface area contributed by atoms with Crippen LogP contribution in [-0.4, -0.2) is 30.6 Å². The Balaban J connectivity index is 2.59. The number of rotatable bonds is 4. The van der Waals surface area contributed by atoms with E-state index in [0.29, 0.717) is 0 Å². The molecule has 0 N–H and O–H groups in total. The average molecular weight is 210 g/mol. The molecule has 0 radical (unpaired) electrons. The second-order valence-electron chi connectivity index (χ2n) is 3.40. The summed E-state index contributed by atoms with van der Waals surface area (Å²) in [6, 6.07) is 8.71. The van der Waals surface area contributed by atoms with Crippen LogP contribution in [-0.2, 0) is 6.42 Å². The maximum absolute atomic E-state index is 2.19. The quantitative estimate of drug-likeness (QED) is 0.557. The Labute approximate surface area is 91.0 Å². The predicted molar refractivity (Wildman–Crippen MR) is 63.1 cm³/mol. The van der Waals surface area contributed by atoms with Crippen molar-refractivity contribution in [2.75, 3.05) is 21.1 Å². The minimum Gasteiger partial charge on any atom is -0.238 e. The second kappa shape index (κ2) is 5.39. The highest BCUT2D eigenvalue weighted by Crippen LogP contribution is 2.21. The summed E-state index contributed by atoms with van der Waals surface area (Å²) >= 11 is 1.73. The van der Waals surface area contributed by atoms with E-state index in [9.17, 15) is 0 Å². The van der Waals surface area contributed by atoms with Crippen molar-refractivity contribution in [2.24, 2.45) is 0 Å². The van der Waals surface area contributed by atoms with Crippen molar-refractivity contribution >= 4 is 11.9 Å². The van der Waals surface area contributed by atoms with Crippen molar-refractivity contribution in [1.29, 1.82) is 0 Å². The van der Waals surface area contributed by atoms with Crippen LogP contribution in [0, 0.1) is 0 Å². The van der Waals surface area contributed by atoms with Crippen LogP contribution in [0.4, 0.5) is 0 Å². The molecule has 0 aromatic heterocycles. The summed E-state index contributed by atoms with van der Waals surface area (Å²) in [7, 11) is 6.12. The van der Waals surface area contributed by atoms with Gasteiger partial charge < -0.3 is 0 Å². The van der Waals surface area contributed by atoms with Gasteiger partial charge >= 0.3 is 0 Å². The average Bonchev–Trinajstić information content (AvgIpc) is 2.19. The molecule has 0 bridgehead atoms. The number of hydrogen-bond donors (Lipinski definition) is 0. The molecular weight excluding hydrogens is 192 g/mol. The first-order chi connectivity index (χ1) is 6.63. The Morgan fingerprint density at radius 1 is 1.07 bits per heavy atom. The Morgan fingerprint density at radius 2 is 1.64 bits per heavy atom. The van der Waals surface area contributed by atoms with Gasteiger partial charge in [0.05, 0.1) is 0 Å². The zero-order valence-corrected chi connectivity index (χ0v) is 10.1. The number of benzene rings is 1. The molecule has 0 atom stereocenters. The fourth-order valence-electron chi connectivity index (χ4n) is 1.02. The lowest BCUT2D eigenvalue weighted by Gasteiger charge is -2.22. The van der Waals surface area contributed by atoms with Gasteiger partial charge in [0.2, 0.25) is 0 Å². The van der Waals surface area contributed by atoms with E-state index < -0.39 is 0 Å². The lowest BCUT2D eigenvalue weighted by atomic mass is 10.2. The molecule has 0 aliphatic carbocycles. The molecule has 14 heavy (non-hydrogen) atoms. The van der Waals surface area contributed by atoms with Crippen molar-refractivity contribution in [1.82, 2.24) is 9.42 Å². The summed E-state index contributed by atoms with van der Waals surface area (Å²) in [5.74, 6) is 0. The van der Waals surface area contributed by atoms with E-state index in [1.807, 2.05) is 14.1 Å². The summed E-state index contributed by atoms with van der Waals surface area (Å²) in [5.41, 5.74) is 1.39. The van der Waals surface area contributed by atoms with Gasteiger partial charge in [-0.1, -0.05) is 19.1 Å². The van der Waals surface area contributed by atoms with Crippen molar-refractivity contribution in [3.8, 4) is 0 Å². The minimum absolute atomic E-state index is 1.11. The van der Waals surface area contributed by atoms with E-state index in [0.717, 1.165) is 6.42 Å². The maximum atomic E-state index is 2.19. The van der Waals surface area contributed by atoms with Gasteiger partial charge in [0.15, 0.2) is 0 Å². The molecular formula is C11H18N2S. The van der Waals surface area contributed by atoms with Crippen LogP contribution >= 0.6 is 11.9 Å². The van der Waals surface area contributed by atoms with Crippen molar-refractivity contribution in [2.45, 2.75) is 18.2 Å². The van der Waals surface area contributed by atoms with Crippen LogP contribution in [0.2, 0.25) is 0 Å². The molecule has 0 saturated heterocycles. The zero-order valence-electron chi connectivity index (χ0n) is 9.32. The maximum Gasteiger partial charge on any atom is 0.0242 e. The fourth-order valence-corrected chi connectivity index (χ4v) is 1.75. The minimum atomic E-state index is 1.11. The fraction of sp³-hybridized carbons (Fsp3) is 0.455. The molecule has 2 nitrogen and oxygen atoms in total. The number of nitrogens with zero attached hydrogens (tertiary/aromatic N) is 2. The van der Waals surface area contributed by atoms with E-state index >= 15 is 0 Å². The highest BCUT2D eigenvalue weighted by molar-refractivity contribution is 7.97. The van der Waals surface area contributed by atoms with Gasteiger partial charge in [-0.3, -0.25) is 0 Å². The van der Waals surface area contributed by atoms with Gasteiger partial charge in [-0.2, -0.15) is 4.41 Å². The van der Waals surface area contributed by atoms with Crippen LogP contribution in [0.15, 0.2) is 29.2 Å². The van der Waals surface area contributed by atoms with Gasteiger partial charge in [0, 0.05) is 26.0 Å². The molecule has 78 valence electrons. The van der Waals surface area contributed by atoms with E-state index in [1.165, 1.54) is 10.5 Å². The Kier molecular flexibility index (Phi) is 4.45. The first-order valence-corrected chi connectivity index (χ1v) is 5.58. The smallest absolute Gasteiger partial charge is 0.0242 e. The van der Waals surface area contributed by atoms with Crippen LogP contribution in [0.1, 0.15) is 12.5 Å². The van der Waals surface area contributed by atoms with Crippen molar-refractivity contribution in [3.05, 3.63) is 29.8 Å². The zero-order chi connectivity index (χ0) is 10.6. The van der Waals surface area contributed by atoms with Gasteiger partial charge in [-0.15, -0.1) is 0 Å². The van der Waals surface area contributed by atoms with Crippen LogP contribution in [0.3, 0.4) is 0 Å². The van der Waals surface area contributed by atoms with Gasteiger partial charge in [0.25, 0.3) is 0 Å². The Morgan fingerprint density at radius 3 is 2.07 bits per heavy atom. The summed E-state index contributed by atoms with van der Waals surface area (Å²) in [6.45, 7) is 2.17.